The van der Waals surface area contributed by atoms with Crippen LogP contribution >= 0.6 is 0 Å². The summed E-state index contributed by atoms with van der Waals surface area (Å²) in [5, 5.41) is 14.8. The molecule has 2 N–H and O–H groups in total. The molecule has 0 saturated heterocycles. The molecule has 1 aliphatic rings. The molecule has 3 aromatic rings. The molecule has 4 rings (SSSR count). The monoisotopic (exact) mass is 292 g/mol. The number of nitrogens with one attached hydrogen (secondary N) is 1. The fraction of sp³-hybridized carbons (Fsp3) is 0.263. The lowest BCUT2D eigenvalue weighted by Crippen LogP contribution is -2.17. The molecular formula is C19H20N2O. The minimum atomic E-state index is 0.379. The zero-order chi connectivity index (χ0) is 14.9. The summed E-state index contributed by atoms with van der Waals surface area (Å²) < 4.78 is 2.45. The van der Waals surface area contributed by atoms with Gasteiger partial charge in [-0.15, -0.1) is 0 Å². The zero-order valence-electron chi connectivity index (χ0n) is 12.5. The van der Waals surface area contributed by atoms with E-state index in [1.165, 1.54) is 22.2 Å². The first-order valence-electron chi connectivity index (χ1n) is 7.90. The minimum absolute atomic E-state index is 0.379. The lowest BCUT2D eigenvalue weighted by atomic mass is 10.0. The lowest BCUT2D eigenvalue weighted by Gasteiger charge is -2.11. The van der Waals surface area contributed by atoms with Gasteiger partial charge in [-0.1, -0.05) is 36.4 Å². The van der Waals surface area contributed by atoms with Crippen LogP contribution in [0.4, 0.5) is 0 Å². The van der Waals surface area contributed by atoms with Crippen LogP contribution in [-0.2, 0) is 19.4 Å². The molecule has 0 aliphatic carbocycles. The van der Waals surface area contributed by atoms with Crippen molar-refractivity contribution in [3.05, 3.63) is 65.4 Å². The number of hydrogen-bond acceptors (Lipinski definition) is 2. The molecule has 0 fully saturated rings. The van der Waals surface area contributed by atoms with E-state index in [2.05, 4.69) is 34.1 Å². The molecule has 3 heteroatoms. The second-order valence-electron chi connectivity index (χ2n) is 5.95. The number of phenolic OH excluding ortho intramolecular Hbond substituents is 1. The number of rotatable bonds is 2. The highest BCUT2D eigenvalue weighted by Crippen LogP contribution is 2.28. The van der Waals surface area contributed by atoms with Gasteiger partial charge in [0.05, 0.1) is 5.52 Å². The Balaban J connectivity index is 1.84. The van der Waals surface area contributed by atoms with Gasteiger partial charge in [0.1, 0.15) is 5.75 Å². The SMILES string of the molecule is Oc1ccccc1Cc1cccc2cc3n(c12)CCNCC3. The third-order valence-electron chi connectivity index (χ3n) is 4.53. The van der Waals surface area contributed by atoms with Gasteiger partial charge in [0.2, 0.25) is 0 Å². The van der Waals surface area contributed by atoms with Gasteiger partial charge in [-0.25, -0.2) is 0 Å². The van der Waals surface area contributed by atoms with Crippen LogP contribution in [0.15, 0.2) is 48.5 Å². The fourth-order valence-electron chi connectivity index (χ4n) is 3.46. The lowest BCUT2D eigenvalue weighted by molar-refractivity contribution is 0.469. The summed E-state index contributed by atoms with van der Waals surface area (Å²) in [7, 11) is 0. The molecule has 2 heterocycles. The van der Waals surface area contributed by atoms with Crippen LogP contribution < -0.4 is 5.32 Å². The summed E-state index contributed by atoms with van der Waals surface area (Å²) in [6.45, 7) is 3.07. The van der Waals surface area contributed by atoms with Crippen molar-refractivity contribution >= 4 is 10.9 Å². The summed E-state index contributed by atoms with van der Waals surface area (Å²) in [5.74, 6) is 0.379. The predicted octanol–water partition coefficient (Wildman–Crippen LogP) is 3.08. The van der Waals surface area contributed by atoms with Gasteiger partial charge in [-0.2, -0.15) is 0 Å². The number of benzene rings is 2. The van der Waals surface area contributed by atoms with Crippen LogP contribution in [0, 0.1) is 0 Å². The van der Waals surface area contributed by atoms with Crippen molar-refractivity contribution in [1.82, 2.24) is 9.88 Å². The Bertz CT molecular complexity index is 819. The van der Waals surface area contributed by atoms with Gasteiger partial charge in [-0.05, 0) is 23.3 Å². The summed E-state index contributed by atoms with van der Waals surface area (Å²) in [6.07, 6.45) is 1.84. The summed E-state index contributed by atoms with van der Waals surface area (Å²) in [6, 6.07) is 16.4. The number of phenols is 1. The minimum Gasteiger partial charge on any atom is -0.508 e. The van der Waals surface area contributed by atoms with Gasteiger partial charge in [0.15, 0.2) is 0 Å². The molecule has 112 valence electrons. The Morgan fingerprint density at radius 3 is 2.77 bits per heavy atom. The maximum Gasteiger partial charge on any atom is 0.119 e. The Kier molecular flexibility index (Phi) is 3.35. The Hall–Kier alpha value is -2.26. The largest absolute Gasteiger partial charge is 0.508 e. The van der Waals surface area contributed by atoms with Gasteiger partial charge in [0.25, 0.3) is 0 Å². The Labute approximate surface area is 130 Å². The van der Waals surface area contributed by atoms with Gasteiger partial charge >= 0.3 is 0 Å². The molecule has 0 amide bonds. The van der Waals surface area contributed by atoms with Crippen LogP contribution in [0.5, 0.6) is 5.75 Å². The number of nitrogens with zero attached hydrogens (tertiary/aromatic N) is 1. The predicted molar refractivity (Wildman–Crippen MR) is 89.4 cm³/mol. The molecular weight excluding hydrogens is 272 g/mol. The first kappa shape index (κ1) is 13.4. The molecule has 0 saturated carbocycles. The molecule has 2 aromatic carbocycles. The molecule has 1 aliphatic heterocycles. The van der Waals surface area contributed by atoms with E-state index in [4.69, 9.17) is 0 Å². The third kappa shape index (κ3) is 2.28. The van der Waals surface area contributed by atoms with Crippen LogP contribution in [0.1, 0.15) is 16.8 Å². The maximum absolute atomic E-state index is 10.1. The van der Waals surface area contributed by atoms with E-state index in [0.717, 1.165) is 38.0 Å². The molecule has 0 spiro atoms. The van der Waals surface area contributed by atoms with E-state index >= 15 is 0 Å². The summed E-state index contributed by atoms with van der Waals surface area (Å²) >= 11 is 0. The van der Waals surface area contributed by atoms with Crippen LogP contribution in [0.25, 0.3) is 10.9 Å². The van der Waals surface area contributed by atoms with E-state index in [9.17, 15) is 5.11 Å². The standard InChI is InChI=1S/C19H20N2O/c22-18-7-2-1-4-14(18)12-15-5-3-6-16-13-17-8-9-20-10-11-21(17)19(15)16/h1-7,13,20,22H,8-12H2. The smallest absolute Gasteiger partial charge is 0.119 e. The number of hydrogen-bond donors (Lipinski definition) is 2. The highest BCUT2D eigenvalue weighted by molar-refractivity contribution is 5.85. The molecule has 0 unspecified atom stereocenters. The van der Waals surface area contributed by atoms with Crippen LogP contribution in [-0.4, -0.2) is 22.8 Å². The highest BCUT2D eigenvalue weighted by atomic mass is 16.3. The molecule has 1 aromatic heterocycles. The molecule has 0 atom stereocenters. The molecule has 0 bridgehead atoms. The second-order valence-corrected chi connectivity index (χ2v) is 5.95. The summed E-state index contributed by atoms with van der Waals surface area (Å²) in [5.41, 5.74) is 5.00. The Morgan fingerprint density at radius 2 is 1.86 bits per heavy atom. The van der Waals surface area contributed by atoms with Crippen molar-refractivity contribution in [1.29, 1.82) is 0 Å². The number of fused-ring (bicyclic) bond motifs is 3. The van der Waals surface area contributed by atoms with Gasteiger partial charge < -0.3 is 15.0 Å². The van der Waals surface area contributed by atoms with Crippen LogP contribution in [0.3, 0.4) is 0 Å². The van der Waals surface area contributed by atoms with Crippen LogP contribution in [0.2, 0.25) is 0 Å². The van der Waals surface area contributed by atoms with E-state index in [0.29, 0.717) is 5.75 Å². The highest BCUT2D eigenvalue weighted by Gasteiger charge is 2.15. The van der Waals surface area contributed by atoms with E-state index in [1.54, 1.807) is 6.07 Å². The van der Waals surface area contributed by atoms with Crippen molar-refractivity contribution in [3.8, 4) is 5.75 Å². The number of aromatic hydroxyl groups is 1. The number of aromatic nitrogens is 1. The molecule has 3 nitrogen and oxygen atoms in total. The molecule has 0 radical (unpaired) electrons. The van der Waals surface area contributed by atoms with E-state index in [-0.39, 0.29) is 0 Å². The fourth-order valence-corrected chi connectivity index (χ4v) is 3.46. The van der Waals surface area contributed by atoms with Gasteiger partial charge in [0, 0.05) is 43.6 Å². The van der Waals surface area contributed by atoms with Crippen molar-refractivity contribution in [2.45, 2.75) is 19.4 Å². The first-order chi connectivity index (χ1) is 10.8. The average Bonchev–Trinajstić information content (AvgIpc) is 2.73. The van der Waals surface area contributed by atoms with Crippen molar-refractivity contribution in [2.24, 2.45) is 0 Å². The average molecular weight is 292 g/mol. The Morgan fingerprint density at radius 1 is 1.00 bits per heavy atom. The summed E-state index contributed by atoms with van der Waals surface area (Å²) in [4.78, 5) is 0. The van der Waals surface area contributed by atoms with E-state index < -0.39 is 0 Å². The third-order valence-corrected chi connectivity index (χ3v) is 4.53. The quantitative estimate of drug-likeness (QED) is 0.761. The zero-order valence-corrected chi connectivity index (χ0v) is 12.5. The van der Waals surface area contributed by atoms with E-state index in [1.807, 2.05) is 18.2 Å². The number of para-hydroxylation sites is 2. The van der Waals surface area contributed by atoms with Crippen molar-refractivity contribution < 1.29 is 5.11 Å². The van der Waals surface area contributed by atoms with Gasteiger partial charge in [-0.3, -0.25) is 0 Å². The topological polar surface area (TPSA) is 37.2 Å². The normalized spacial score (nSPS) is 14.7. The maximum atomic E-state index is 10.1. The van der Waals surface area contributed by atoms with Crippen molar-refractivity contribution in [2.75, 3.05) is 13.1 Å². The second kappa shape index (κ2) is 5.50. The molecule has 22 heavy (non-hydrogen) atoms. The first-order valence-corrected chi connectivity index (χ1v) is 7.90. The van der Waals surface area contributed by atoms with Crippen molar-refractivity contribution in [3.63, 3.8) is 0 Å².